The third-order valence-electron chi connectivity index (χ3n) is 5.97. The Balaban J connectivity index is 0.00000320. The lowest BCUT2D eigenvalue weighted by atomic mass is 10.1. The van der Waals surface area contributed by atoms with Gasteiger partial charge in [0.2, 0.25) is 5.91 Å². The van der Waals surface area contributed by atoms with Gasteiger partial charge in [0.25, 0.3) is 5.91 Å². The molecule has 2 heterocycles. The lowest BCUT2D eigenvalue weighted by Crippen LogP contribution is -2.45. The molecule has 1 atom stereocenters. The number of amides is 2. The molecule has 14 heteroatoms. The molecule has 0 unspecified atom stereocenters. The summed E-state index contributed by atoms with van der Waals surface area (Å²) in [4.78, 5) is 26.6. The monoisotopic (exact) mass is 569 g/mol. The van der Waals surface area contributed by atoms with E-state index in [4.69, 9.17) is 5.73 Å². The normalized spacial score (nSPS) is 18.5. The van der Waals surface area contributed by atoms with E-state index in [1.807, 2.05) is 0 Å². The maximum atomic E-state index is 15.0. The van der Waals surface area contributed by atoms with Crippen LogP contribution in [0.3, 0.4) is 0 Å². The van der Waals surface area contributed by atoms with E-state index in [0.717, 1.165) is 34.9 Å². The minimum Gasteiger partial charge on any atom is -0.348 e. The number of anilines is 1. The summed E-state index contributed by atoms with van der Waals surface area (Å²) in [6.45, 7) is -0.141. The van der Waals surface area contributed by atoms with Gasteiger partial charge in [-0.25, -0.2) is 17.2 Å². The Hall–Kier alpha value is -3.00. The second-order valence-corrected chi connectivity index (χ2v) is 11.8. The summed E-state index contributed by atoms with van der Waals surface area (Å²) in [6, 6.07) is 5.79. The summed E-state index contributed by atoms with van der Waals surface area (Å²) < 4.78 is 54.0. The smallest absolute Gasteiger partial charge is 0.254 e. The number of benzene rings is 2. The standard InChI is InChI=1S/C23H21F2N5O4S2.ClH/c24-14-5-1-12(2-6-14)9-27-21(31)15-7-18-19(8-16(15)25)36(33,34)11-17(26)23(32)30(18)10-20-28-29-22(35-20)13-3-4-13;/h1-2,5-8,13,17H,3-4,9-11,26H2,(H,27,31);1H/t17-;/m0./s1. The molecule has 2 amide bonds. The van der Waals surface area contributed by atoms with Gasteiger partial charge in [0, 0.05) is 12.5 Å². The zero-order chi connectivity index (χ0) is 25.6. The average Bonchev–Trinajstić information content (AvgIpc) is 3.59. The average molecular weight is 570 g/mol. The van der Waals surface area contributed by atoms with E-state index >= 15 is 4.39 Å². The predicted octanol–water partition coefficient (Wildman–Crippen LogP) is 2.69. The fourth-order valence-electron chi connectivity index (χ4n) is 3.90. The second kappa shape index (κ2) is 10.4. The molecule has 196 valence electrons. The van der Waals surface area contributed by atoms with Crippen LogP contribution in [-0.2, 0) is 27.7 Å². The van der Waals surface area contributed by atoms with Gasteiger partial charge >= 0.3 is 0 Å². The van der Waals surface area contributed by atoms with E-state index in [1.165, 1.54) is 35.6 Å². The van der Waals surface area contributed by atoms with Crippen LogP contribution in [0.5, 0.6) is 0 Å². The van der Waals surface area contributed by atoms with Crippen molar-refractivity contribution in [3.05, 3.63) is 69.2 Å². The molecule has 1 saturated carbocycles. The van der Waals surface area contributed by atoms with Gasteiger partial charge in [-0.05, 0) is 42.7 Å². The van der Waals surface area contributed by atoms with Gasteiger partial charge in [0.15, 0.2) is 9.84 Å². The maximum Gasteiger partial charge on any atom is 0.254 e. The summed E-state index contributed by atoms with van der Waals surface area (Å²) in [5.74, 6) is -3.38. The Morgan fingerprint density at radius 1 is 1.16 bits per heavy atom. The number of nitrogens with two attached hydrogens (primary N) is 1. The fourth-order valence-corrected chi connectivity index (χ4v) is 6.46. The van der Waals surface area contributed by atoms with Crippen molar-refractivity contribution >= 4 is 51.1 Å². The Labute approximate surface area is 221 Å². The number of carbonyl (C=O) groups excluding carboxylic acids is 2. The van der Waals surface area contributed by atoms with Crippen LogP contribution in [-0.4, -0.2) is 42.2 Å². The molecule has 9 nitrogen and oxygen atoms in total. The van der Waals surface area contributed by atoms with Crippen LogP contribution in [0.2, 0.25) is 0 Å². The molecule has 1 fully saturated rings. The van der Waals surface area contributed by atoms with Crippen LogP contribution >= 0.6 is 23.7 Å². The molecule has 3 aromatic rings. The largest absolute Gasteiger partial charge is 0.348 e. The molecule has 5 rings (SSSR count). The number of hydrogen-bond acceptors (Lipinski definition) is 8. The van der Waals surface area contributed by atoms with Gasteiger partial charge in [-0.2, -0.15) is 0 Å². The zero-order valence-corrected chi connectivity index (χ0v) is 21.6. The van der Waals surface area contributed by atoms with Crippen molar-refractivity contribution in [3.8, 4) is 0 Å². The Morgan fingerprint density at radius 3 is 2.54 bits per heavy atom. The van der Waals surface area contributed by atoms with Crippen LogP contribution in [0, 0.1) is 11.6 Å². The van der Waals surface area contributed by atoms with Crippen LogP contribution < -0.4 is 16.0 Å². The fraction of sp³-hybridized carbons (Fsp3) is 0.304. The van der Waals surface area contributed by atoms with Gasteiger partial charge < -0.3 is 16.0 Å². The molecule has 37 heavy (non-hydrogen) atoms. The zero-order valence-electron chi connectivity index (χ0n) is 19.2. The number of rotatable bonds is 6. The summed E-state index contributed by atoms with van der Waals surface area (Å²) in [7, 11) is -4.14. The third-order valence-corrected chi connectivity index (χ3v) is 8.84. The van der Waals surface area contributed by atoms with Gasteiger partial charge in [-0.1, -0.05) is 23.5 Å². The summed E-state index contributed by atoms with van der Waals surface area (Å²) in [5.41, 5.74) is 5.88. The number of carbonyl (C=O) groups is 2. The molecular formula is C23H22ClF2N5O4S2. The molecule has 2 aliphatic rings. The van der Waals surface area contributed by atoms with Gasteiger partial charge in [0.05, 0.1) is 34.5 Å². The Bertz CT molecular complexity index is 1460. The first kappa shape index (κ1) is 27.0. The number of aromatic nitrogens is 2. The number of nitrogens with one attached hydrogen (secondary N) is 1. The van der Waals surface area contributed by atoms with Crippen molar-refractivity contribution in [1.82, 2.24) is 15.5 Å². The first-order valence-corrected chi connectivity index (χ1v) is 13.6. The quantitative estimate of drug-likeness (QED) is 0.466. The number of halogens is 3. The number of nitrogens with zero attached hydrogens (tertiary/aromatic N) is 3. The number of hydrogen-bond donors (Lipinski definition) is 2. The van der Waals surface area contributed by atoms with Gasteiger partial charge in [-0.3, -0.25) is 9.59 Å². The molecule has 3 N–H and O–H groups in total. The Kier molecular flexibility index (Phi) is 7.60. The maximum absolute atomic E-state index is 15.0. The molecule has 0 bridgehead atoms. The minimum atomic E-state index is -4.14. The summed E-state index contributed by atoms with van der Waals surface area (Å²) >= 11 is 1.32. The van der Waals surface area contributed by atoms with E-state index in [-0.39, 0.29) is 31.2 Å². The van der Waals surface area contributed by atoms with E-state index in [9.17, 15) is 22.4 Å². The first-order valence-electron chi connectivity index (χ1n) is 11.1. The minimum absolute atomic E-state index is 0. The lowest BCUT2D eigenvalue weighted by molar-refractivity contribution is -0.119. The second-order valence-electron chi connectivity index (χ2n) is 8.73. The molecular weight excluding hydrogens is 548 g/mol. The van der Waals surface area contributed by atoms with E-state index in [1.54, 1.807) is 0 Å². The first-order chi connectivity index (χ1) is 17.1. The molecule has 0 radical (unpaired) electrons. The molecule has 2 aromatic carbocycles. The van der Waals surface area contributed by atoms with Crippen LogP contribution in [0.25, 0.3) is 0 Å². The molecule has 1 aliphatic heterocycles. The van der Waals surface area contributed by atoms with Crippen LogP contribution in [0.4, 0.5) is 14.5 Å². The predicted molar refractivity (Wildman–Crippen MR) is 134 cm³/mol. The number of fused-ring (bicyclic) bond motifs is 1. The van der Waals surface area contributed by atoms with Crippen LogP contribution in [0.15, 0.2) is 41.3 Å². The topological polar surface area (TPSA) is 135 Å². The highest BCUT2D eigenvalue weighted by Crippen LogP contribution is 2.42. The van der Waals surface area contributed by atoms with E-state index < -0.39 is 55.5 Å². The van der Waals surface area contributed by atoms with Gasteiger partial charge in [0.1, 0.15) is 21.6 Å². The van der Waals surface area contributed by atoms with Crippen molar-refractivity contribution in [2.45, 2.75) is 42.8 Å². The highest BCUT2D eigenvalue weighted by atomic mass is 35.5. The third kappa shape index (κ3) is 5.64. The molecule has 1 aromatic heterocycles. The van der Waals surface area contributed by atoms with E-state index in [2.05, 4.69) is 15.5 Å². The Morgan fingerprint density at radius 2 is 1.86 bits per heavy atom. The van der Waals surface area contributed by atoms with Crippen molar-refractivity contribution in [2.24, 2.45) is 5.73 Å². The van der Waals surface area contributed by atoms with Crippen molar-refractivity contribution < 1.29 is 26.8 Å². The summed E-state index contributed by atoms with van der Waals surface area (Å²) in [5, 5.41) is 12.1. The highest BCUT2D eigenvalue weighted by Gasteiger charge is 2.38. The summed E-state index contributed by atoms with van der Waals surface area (Å²) in [6.07, 6.45) is 2.03. The SMILES string of the molecule is Cl.N[C@H]1CS(=O)(=O)c2cc(F)c(C(=O)NCc3ccc(F)cc3)cc2N(Cc2nnc(C3CC3)s2)C1=O. The molecule has 1 aliphatic carbocycles. The van der Waals surface area contributed by atoms with Crippen LogP contribution in [0.1, 0.15) is 44.7 Å². The lowest BCUT2D eigenvalue weighted by Gasteiger charge is -2.23. The van der Waals surface area contributed by atoms with Crippen molar-refractivity contribution in [2.75, 3.05) is 10.7 Å². The van der Waals surface area contributed by atoms with Crippen molar-refractivity contribution in [1.29, 1.82) is 0 Å². The van der Waals surface area contributed by atoms with E-state index in [0.29, 0.717) is 16.5 Å². The molecule has 0 saturated heterocycles. The molecule has 0 spiro atoms. The highest BCUT2D eigenvalue weighted by molar-refractivity contribution is 7.91. The number of sulfone groups is 1. The van der Waals surface area contributed by atoms with Gasteiger partial charge in [-0.15, -0.1) is 22.6 Å². The van der Waals surface area contributed by atoms with Crippen molar-refractivity contribution in [3.63, 3.8) is 0 Å².